The zero-order valence-electron chi connectivity index (χ0n) is 11.4. The molecular weight excluding hydrogens is 226 g/mol. The van der Waals surface area contributed by atoms with E-state index in [0.29, 0.717) is 6.42 Å². The maximum atomic E-state index is 12.0. The van der Waals surface area contributed by atoms with Gasteiger partial charge >= 0.3 is 0 Å². The van der Waals surface area contributed by atoms with Crippen LogP contribution in [0, 0.1) is 6.92 Å². The summed E-state index contributed by atoms with van der Waals surface area (Å²) in [5.74, 6) is 0.192. The Hall–Kier alpha value is -1.19. The molecule has 0 unspecified atom stereocenters. The smallest absolute Gasteiger partial charge is 0.164 e. The summed E-state index contributed by atoms with van der Waals surface area (Å²) in [4.78, 5) is 14.2. The van der Waals surface area contributed by atoms with E-state index in [2.05, 4.69) is 11.8 Å². The first-order chi connectivity index (χ1) is 8.67. The Balaban J connectivity index is 2.42. The number of nitrogens with zero attached hydrogens (tertiary/aromatic N) is 1. The molecule has 18 heavy (non-hydrogen) atoms. The molecule has 100 valence electrons. The van der Waals surface area contributed by atoms with Gasteiger partial charge in [-0.25, -0.2) is 0 Å². The minimum Gasteiger partial charge on any atom is -0.396 e. The molecule has 0 atom stereocenters. The molecule has 0 heterocycles. The minimum absolute atomic E-state index is 0.192. The van der Waals surface area contributed by atoms with Crippen LogP contribution in [0.3, 0.4) is 0 Å². The Kier molecular flexibility index (Phi) is 6.61. The Morgan fingerprint density at radius 1 is 1.22 bits per heavy atom. The second kappa shape index (κ2) is 8.01. The summed E-state index contributed by atoms with van der Waals surface area (Å²) < 4.78 is 0. The van der Waals surface area contributed by atoms with Gasteiger partial charge in [0, 0.05) is 31.7 Å². The van der Waals surface area contributed by atoms with Crippen LogP contribution in [0.5, 0.6) is 0 Å². The number of ketones is 1. The van der Waals surface area contributed by atoms with E-state index >= 15 is 0 Å². The molecule has 0 amide bonds. The summed E-state index contributed by atoms with van der Waals surface area (Å²) in [6.07, 6.45) is 1.31. The third-order valence-electron chi connectivity index (χ3n) is 3.11. The van der Waals surface area contributed by atoms with E-state index in [-0.39, 0.29) is 12.4 Å². The molecular formula is C15H23NO2. The number of aryl methyl sites for hydroxylation is 1. The van der Waals surface area contributed by atoms with Gasteiger partial charge in [0.25, 0.3) is 0 Å². The van der Waals surface area contributed by atoms with Gasteiger partial charge < -0.3 is 10.0 Å². The van der Waals surface area contributed by atoms with E-state index in [1.54, 1.807) is 0 Å². The van der Waals surface area contributed by atoms with Gasteiger partial charge in [-0.3, -0.25) is 4.79 Å². The number of carbonyl (C=O) groups excluding carboxylic acids is 1. The predicted octanol–water partition coefficient (Wildman–Crippen LogP) is 2.27. The van der Waals surface area contributed by atoms with Crippen LogP contribution < -0.4 is 0 Å². The largest absolute Gasteiger partial charge is 0.396 e. The van der Waals surface area contributed by atoms with Crippen LogP contribution in [0.1, 0.15) is 35.7 Å². The van der Waals surface area contributed by atoms with E-state index < -0.39 is 0 Å². The van der Waals surface area contributed by atoms with Crippen LogP contribution >= 0.6 is 0 Å². The summed E-state index contributed by atoms with van der Waals surface area (Å²) in [7, 11) is 0. The average molecular weight is 249 g/mol. The van der Waals surface area contributed by atoms with E-state index in [0.717, 1.165) is 31.6 Å². The maximum absolute atomic E-state index is 12.0. The van der Waals surface area contributed by atoms with E-state index in [1.165, 1.54) is 5.56 Å². The molecule has 0 aliphatic heterocycles. The van der Waals surface area contributed by atoms with E-state index in [1.807, 2.05) is 31.2 Å². The van der Waals surface area contributed by atoms with Gasteiger partial charge in [0.05, 0.1) is 0 Å². The van der Waals surface area contributed by atoms with Crippen molar-refractivity contribution in [3.05, 3.63) is 35.4 Å². The van der Waals surface area contributed by atoms with Crippen LogP contribution in [-0.2, 0) is 0 Å². The lowest BCUT2D eigenvalue weighted by atomic mass is 10.1. The molecule has 3 nitrogen and oxygen atoms in total. The number of aliphatic hydroxyl groups is 1. The van der Waals surface area contributed by atoms with Gasteiger partial charge in [-0.05, 0) is 19.9 Å². The SMILES string of the molecule is CCN(CCCO)CCC(=O)c1ccc(C)cc1. The highest BCUT2D eigenvalue weighted by Crippen LogP contribution is 2.07. The quantitative estimate of drug-likeness (QED) is 0.719. The van der Waals surface area contributed by atoms with Crippen molar-refractivity contribution in [1.29, 1.82) is 0 Å². The summed E-state index contributed by atoms with van der Waals surface area (Å²) in [6.45, 7) is 6.84. The van der Waals surface area contributed by atoms with Gasteiger partial charge in [0.15, 0.2) is 5.78 Å². The zero-order chi connectivity index (χ0) is 13.4. The Morgan fingerprint density at radius 3 is 2.44 bits per heavy atom. The zero-order valence-corrected chi connectivity index (χ0v) is 11.4. The number of benzene rings is 1. The highest BCUT2D eigenvalue weighted by atomic mass is 16.3. The molecule has 1 rings (SSSR count). The second-order valence-electron chi connectivity index (χ2n) is 4.55. The number of hydrogen-bond donors (Lipinski definition) is 1. The van der Waals surface area contributed by atoms with Crippen molar-refractivity contribution < 1.29 is 9.90 Å². The lowest BCUT2D eigenvalue weighted by Crippen LogP contribution is -2.27. The van der Waals surface area contributed by atoms with Crippen LogP contribution in [0.25, 0.3) is 0 Å². The van der Waals surface area contributed by atoms with Gasteiger partial charge in [0.2, 0.25) is 0 Å². The first-order valence-electron chi connectivity index (χ1n) is 6.60. The molecule has 0 spiro atoms. The second-order valence-corrected chi connectivity index (χ2v) is 4.55. The molecule has 1 N–H and O–H groups in total. The van der Waals surface area contributed by atoms with Gasteiger partial charge in [-0.1, -0.05) is 36.8 Å². The Bertz CT molecular complexity index is 359. The van der Waals surface area contributed by atoms with Crippen LogP contribution in [0.4, 0.5) is 0 Å². The molecule has 0 radical (unpaired) electrons. The van der Waals surface area contributed by atoms with Crippen molar-refractivity contribution in [2.24, 2.45) is 0 Å². The normalized spacial score (nSPS) is 10.9. The average Bonchev–Trinajstić information content (AvgIpc) is 2.39. The van der Waals surface area contributed by atoms with Crippen molar-refractivity contribution >= 4 is 5.78 Å². The molecule has 0 aliphatic rings. The topological polar surface area (TPSA) is 40.5 Å². The molecule has 0 saturated carbocycles. The lowest BCUT2D eigenvalue weighted by Gasteiger charge is -2.19. The van der Waals surface area contributed by atoms with Crippen LogP contribution in [-0.4, -0.2) is 42.0 Å². The van der Waals surface area contributed by atoms with Crippen molar-refractivity contribution in [3.63, 3.8) is 0 Å². The molecule has 3 heteroatoms. The van der Waals surface area contributed by atoms with Crippen molar-refractivity contribution in [2.75, 3.05) is 26.2 Å². The standard InChI is InChI=1S/C15H23NO2/c1-3-16(10-4-12-17)11-9-15(18)14-7-5-13(2)6-8-14/h5-8,17H,3-4,9-12H2,1-2H3. The first kappa shape index (κ1) is 14.9. The number of Topliss-reactive ketones (excluding diaryl/α,β-unsaturated/α-hetero) is 1. The third kappa shape index (κ3) is 4.98. The predicted molar refractivity (Wildman–Crippen MR) is 73.9 cm³/mol. The lowest BCUT2D eigenvalue weighted by molar-refractivity contribution is 0.0964. The monoisotopic (exact) mass is 249 g/mol. The fourth-order valence-electron chi connectivity index (χ4n) is 1.87. The van der Waals surface area contributed by atoms with E-state index in [9.17, 15) is 4.79 Å². The summed E-state index contributed by atoms with van der Waals surface area (Å²) in [5, 5.41) is 8.80. The number of carbonyl (C=O) groups is 1. The van der Waals surface area contributed by atoms with Gasteiger partial charge in [-0.15, -0.1) is 0 Å². The molecule has 1 aromatic rings. The summed E-state index contributed by atoms with van der Waals surface area (Å²) >= 11 is 0. The fourth-order valence-corrected chi connectivity index (χ4v) is 1.87. The molecule has 0 saturated heterocycles. The highest BCUT2D eigenvalue weighted by Gasteiger charge is 2.08. The minimum atomic E-state index is 0.192. The number of hydrogen-bond acceptors (Lipinski definition) is 3. The molecule has 0 aliphatic carbocycles. The number of rotatable bonds is 8. The highest BCUT2D eigenvalue weighted by molar-refractivity contribution is 5.96. The molecule has 0 aromatic heterocycles. The third-order valence-corrected chi connectivity index (χ3v) is 3.11. The summed E-state index contributed by atoms with van der Waals surface area (Å²) in [5.41, 5.74) is 1.96. The number of aliphatic hydroxyl groups excluding tert-OH is 1. The molecule has 0 bridgehead atoms. The van der Waals surface area contributed by atoms with Gasteiger partial charge in [0.1, 0.15) is 0 Å². The van der Waals surface area contributed by atoms with E-state index in [4.69, 9.17) is 5.11 Å². The maximum Gasteiger partial charge on any atom is 0.164 e. The van der Waals surface area contributed by atoms with Gasteiger partial charge in [-0.2, -0.15) is 0 Å². The Morgan fingerprint density at radius 2 is 1.89 bits per heavy atom. The first-order valence-corrected chi connectivity index (χ1v) is 6.60. The van der Waals surface area contributed by atoms with Crippen LogP contribution in [0.15, 0.2) is 24.3 Å². The van der Waals surface area contributed by atoms with Crippen molar-refractivity contribution in [3.8, 4) is 0 Å². The summed E-state index contributed by atoms with van der Waals surface area (Å²) in [6, 6.07) is 7.72. The Labute approximate surface area is 109 Å². The van der Waals surface area contributed by atoms with Crippen molar-refractivity contribution in [2.45, 2.75) is 26.7 Å². The molecule has 1 aromatic carbocycles. The molecule has 0 fully saturated rings. The van der Waals surface area contributed by atoms with Crippen LogP contribution in [0.2, 0.25) is 0 Å². The fraction of sp³-hybridized carbons (Fsp3) is 0.533. The van der Waals surface area contributed by atoms with Crippen molar-refractivity contribution in [1.82, 2.24) is 4.90 Å².